The Morgan fingerprint density at radius 2 is 1.34 bits per heavy atom. The van der Waals surface area contributed by atoms with Gasteiger partial charge in [-0.05, 0) is 31.2 Å². The van der Waals surface area contributed by atoms with Gasteiger partial charge in [0.1, 0.15) is 23.9 Å². The highest BCUT2D eigenvalue weighted by Crippen LogP contribution is 2.35. The molecule has 2 aliphatic rings. The number of carbonyl (C=O) groups is 2. The lowest BCUT2D eigenvalue weighted by molar-refractivity contribution is -0.134. The highest BCUT2D eigenvalue weighted by Gasteiger charge is 2.22. The summed E-state index contributed by atoms with van der Waals surface area (Å²) < 4.78 is 11.4. The van der Waals surface area contributed by atoms with Gasteiger partial charge in [0.05, 0.1) is 25.6 Å². The summed E-state index contributed by atoms with van der Waals surface area (Å²) in [5.41, 5.74) is 4.36. The molecule has 2 fully saturated rings. The Bertz CT molecular complexity index is 1490. The lowest BCUT2D eigenvalue weighted by Crippen LogP contribution is -2.49. The number of amides is 2. The summed E-state index contributed by atoms with van der Waals surface area (Å²) in [6.07, 6.45) is 1.75. The average molecular weight is 605 g/mol. The van der Waals surface area contributed by atoms with Gasteiger partial charge in [0, 0.05) is 94.5 Å². The lowest BCUT2D eigenvalue weighted by atomic mass is 10.2. The third-order valence-corrected chi connectivity index (χ3v) is 8.06. The minimum atomic E-state index is -0.463. The number of nitrogens with one attached hydrogen (secondary N) is 2. The summed E-state index contributed by atoms with van der Waals surface area (Å²) in [6.45, 7) is 8.45. The second-order valence-corrected chi connectivity index (χ2v) is 10.8. The first-order chi connectivity index (χ1) is 21.3. The van der Waals surface area contributed by atoms with Gasteiger partial charge in [-0.1, -0.05) is 0 Å². The Kier molecular flexibility index (Phi) is 9.53. The van der Waals surface area contributed by atoms with E-state index in [9.17, 15) is 9.59 Å². The van der Waals surface area contributed by atoms with Gasteiger partial charge in [-0.2, -0.15) is 4.98 Å². The number of anilines is 6. The highest BCUT2D eigenvalue weighted by molar-refractivity contribution is 5.78. The summed E-state index contributed by atoms with van der Waals surface area (Å²) in [6, 6.07) is 11.9. The number of aryl methyl sites for hydroxylation is 1. The molecule has 1 aromatic heterocycles. The van der Waals surface area contributed by atoms with E-state index >= 15 is 0 Å². The molecule has 0 radical (unpaired) electrons. The number of hydrogen-bond acceptors (Lipinski definition) is 11. The standard InChI is InChI=1S/C31H40N8O5/c1-21-19-32-31(34-26-8-6-24(18-28(26)44-4)37-11-9-36(10-12-37)22(2)41)35-30(21)33-25-7-5-23(17-27(25)43-3)38-13-15-39(16-14-38)29(42)20-40/h5-8,17-19,40H,9-16,20H2,1-4H3,(H2,32,33,34,35). The molecule has 44 heavy (non-hydrogen) atoms. The van der Waals surface area contributed by atoms with E-state index < -0.39 is 6.61 Å². The molecule has 2 aliphatic heterocycles. The molecule has 5 rings (SSSR count). The number of piperazine rings is 2. The van der Waals surface area contributed by atoms with Gasteiger partial charge in [0.15, 0.2) is 0 Å². The topological polar surface area (TPSA) is 136 Å². The second-order valence-electron chi connectivity index (χ2n) is 10.8. The van der Waals surface area contributed by atoms with Crippen LogP contribution in [0.2, 0.25) is 0 Å². The van der Waals surface area contributed by atoms with E-state index in [0.717, 1.165) is 41.4 Å². The van der Waals surface area contributed by atoms with Gasteiger partial charge in [0.25, 0.3) is 0 Å². The third-order valence-electron chi connectivity index (χ3n) is 8.06. The normalized spacial score (nSPS) is 15.2. The fraction of sp³-hybridized carbons (Fsp3) is 0.419. The smallest absolute Gasteiger partial charge is 0.248 e. The van der Waals surface area contributed by atoms with Gasteiger partial charge < -0.3 is 44.8 Å². The van der Waals surface area contributed by atoms with Crippen LogP contribution < -0.4 is 29.9 Å². The Balaban J connectivity index is 1.27. The zero-order valence-corrected chi connectivity index (χ0v) is 25.7. The minimum Gasteiger partial charge on any atom is -0.494 e. The number of aliphatic hydroxyl groups is 1. The summed E-state index contributed by atoms with van der Waals surface area (Å²) in [4.78, 5) is 40.7. The van der Waals surface area contributed by atoms with E-state index in [4.69, 9.17) is 19.6 Å². The largest absolute Gasteiger partial charge is 0.494 e. The molecule has 13 heteroatoms. The molecule has 0 atom stereocenters. The first-order valence-corrected chi connectivity index (χ1v) is 14.7. The summed E-state index contributed by atoms with van der Waals surface area (Å²) in [7, 11) is 3.26. The van der Waals surface area contributed by atoms with Crippen LogP contribution in [0.3, 0.4) is 0 Å². The van der Waals surface area contributed by atoms with E-state index in [1.165, 1.54) is 0 Å². The molecule has 0 saturated carbocycles. The first kappa shape index (κ1) is 30.7. The van der Waals surface area contributed by atoms with Crippen LogP contribution >= 0.6 is 0 Å². The van der Waals surface area contributed by atoms with Crippen molar-refractivity contribution in [1.82, 2.24) is 19.8 Å². The van der Waals surface area contributed by atoms with Crippen LogP contribution in [0.4, 0.5) is 34.5 Å². The maximum atomic E-state index is 11.8. The molecule has 3 aromatic rings. The monoisotopic (exact) mass is 604 g/mol. The maximum Gasteiger partial charge on any atom is 0.248 e. The number of methoxy groups -OCH3 is 2. The van der Waals surface area contributed by atoms with Crippen molar-refractivity contribution in [1.29, 1.82) is 0 Å². The minimum absolute atomic E-state index is 0.105. The van der Waals surface area contributed by atoms with Gasteiger partial charge in [0.2, 0.25) is 17.8 Å². The number of rotatable bonds is 9. The molecule has 0 unspecified atom stereocenters. The molecule has 2 amide bonds. The molecule has 0 spiro atoms. The average Bonchev–Trinajstić information content (AvgIpc) is 3.06. The van der Waals surface area contributed by atoms with Crippen molar-refractivity contribution in [3.63, 3.8) is 0 Å². The number of carbonyl (C=O) groups excluding carboxylic acids is 2. The number of benzene rings is 2. The van der Waals surface area contributed by atoms with Crippen molar-refractivity contribution >= 4 is 46.3 Å². The van der Waals surface area contributed by atoms with Crippen molar-refractivity contribution in [2.75, 3.05) is 93.6 Å². The third kappa shape index (κ3) is 6.88. The number of aromatic nitrogens is 2. The zero-order chi connectivity index (χ0) is 31.2. The SMILES string of the molecule is COc1cc(N2CCN(C(C)=O)CC2)ccc1Nc1ncc(C)c(Nc2ccc(N3CCN(C(=O)CO)CC3)cc2OC)n1. The van der Waals surface area contributed by atoms with Crippen LogP contribution in [-0.4, -0.2) is 110 Å². The number of hydrogen-bond donors (Lipinski definition) is 3. The Morgan fingerprint density at radius 1 is 0.818 bits per heavy atom. The van der Waals surface area contributed by atoms with Crippen molar-refractivity contribution in [2.45, 2.75) is 13.8 Å². The maximum absolute atomic E-state index is 11.8. The van der Waals surface area contributed by atoms with Crippen LogP contribution in [0, 0.1) is 6.92 Å². The van der Waals surface area contributed by atoms with Gasteiger partial charge in [-0.25, -0.2) is 4.98 Å². The second kappa shape index (κ2) is 13.7. The fourth-order valence-corrected chi connectivity index (χ4v) is 5.43. The van der Waals surface area contributed by atoms with E-state index in [2.05, 4.69) is 25.4 Å². The van der Waals surface area contributed by atoms with Gasteiger partial charge >= 0.3 is 0 Å². The zero-order valence-electron chi connectivity index (χ0n) is 25.7. The molecule has 3 heterocycles. The van der Waals surface area contributed by atoms with Gasteiger partial charge in [-0.3, -0.25) is 9.59 Å². The van der Waals surface area contributed by atoms with E-state index in [1.807, 2.05) is 48.2 Å². The molecule has 3 N–H and O–H groups in total. The van der Waals surface area contributed by atoms with Crippen LogP contribution in [0.1, 0.15) is 12.5 Å². The highest BCUT2D eigenvalue weighted by atomic mass is 16.5. The Hall–Kier alpha value is -4.78. The summed E-state index contributed by atoms with van der Waals surface area (Å²) >= 11 is 0. The number of ether oxygens (including phenoxy) is 2. The van der Waals surface area contributed by atoms with Crippen molar-refractivity contribution in [3.05, 3.63) is 48.2 Å². The fourth-order valence-electron chi connectivity index (χ4n) is 5.43. The molecular formula is C31H40N8O5. The predicted octanol–water partition coefficient (Wildman–Crippen LogP) is 2.60. The Morgan fingerprint density at radius 3 is 1.84 bits per heavy atom. The molecule has 234 valence electrons. The van der Waals surface area contributed by atoms with Crippen molar-refractivity contribution < 1.29 is 24.2 Å². The molecule has 2 aromatic carbocycles. The van der Waals surface area contributed by atoms with E-state index in [1.54, 1.807) is 32.2 Å². The first-order valence-electron chi connectivity index (χ1n) is 14.7. The van der Waals surface area contributed by atoms with E-state index in [-0.39, 0.29) is 11.8 Å². The van der Waals surface area contributed by atoms with Crippen LogP contribution in [0.25, 0.3) is 0 Å². The quantitative estimate of drug-likeness (QED) is 0.333. The molecule has 2 saturated heterocycles. The van der Waals surface area contributed by atoms with Gasteiger partial charge in [-0.15, -0.1) is 0 Å². The van der Waals surface area contributed by atoms with Crippen LogP contribution in [0.15, 0.2) is 42.6 Å². The molecular weight excluding hydrogens is 564 g/mol. The number of aliphatic hydroxyl groups excluding tert-OH is 1. The van der Waals surface area contributed by atoms with Crippen molar-refractivity contribution in [3.8, 4) is 11.5 Å². The molecule has 0 bridgehead atoms. The lowest BCUT2D eigenvalue weighted by Gasteiger charge is -2.36. The predicted molar refractivity (Wildman–Crippen MR) is 170 cm³/mol. The van der Waals surface area contributed by atoms with Crippen LogP contribution in [-0.2, 0) is 9.59 Å². The van der Waals surface area contributed by atoms with E-state index in [0.29, 0.717) is 62.5 Å². The molecule has 0 aliphatic carbocycles. The number of nitrogens with zero attached hydrogens (tertiary/aromatic N) is 6. The van der Waals surface area contributed by atoms with Crippen molar-refractivity contribution in [2.24, 2.45) is 0 Å². The van der Waals surface area contributed by atoms with Crippen LogP contribution in [0.5, 0.6) is 11.5 Å². The summed E-state index contributed by atoms with van der Waals surface area (Å²) in [5, 5.41) is 15.8. The summed E-state index contributed by atoms with van der Waals surface area (Å²) in [5.74, 6) is 2.22. The molecule has 13 nitrogen and oxygen atoms in total. The Labute approximate surface area is 257 Å².